The zero-order valence-corrected chi connectivity index (χ0v) is 10.1. The third-order valence-corrected chi connectivity index (χ3v) is 2.64. The van der Waals surface area contributed by atoms with E-state index in [4.69, 9.17) is 0 Å². The maximum Gasteiger partial charge on any atom is 0.260 e. The van der Waals surface area contributed by atoms with Gasteiger partial charge in [-0.05, 0) is 26.0 Å². The SMILES string of the molecule is Cc1nn(C)c(C)c1C(=O)Nc1ccccn1. The first-order valence-electron chi connectivity index (χ1n) is 5.32. The molecule has 0 aliphatic carbocycles. The van der Waals surface area contributed by atoms with Gasteiger partial charge in [0.05, 0.1) is 11.3 Å². The lowest BCUT2D eigenvalue weighted by Gasteiger charge is -2.04. The fraction of sp³-hybridized carbons (Fsp3) is 0.250. The van der Waals surface area contributed by atoms with E-state index in [-0.39, 0.29) is 5.91 Å². The van der Waals surface area contributed by atoms with Gasteiger partial charge in [-0.1, -0.05) is 6.07 Å². The molecular formula is C12H14N4O. The largest absolute Gasteiger partial charge is 0.306 e. The van der Waals surface area contributed by atoms with E-state index in [2.05, 4.69) is 15.4 Å². The van der Waals surface area contributed by atoms with E-state index in [1.165, 1.54) is 0 Å². The molecule has 2 aromatic rings. The minimum atomic E-state index is -0.174. The average molecular weight is 230 g/mol. The van der Waals surface area contributed by atoms with Crippen LogP contribution in [0.2, 0.25) is 0 Å². The van der Waals surface area contributed by atoms with Gasteiger partial charge >= 0.3 is 0 Å². The van der Waals surface area contributed by atoms with Crippen LogP contribution in [-0.4, -0.2) is 20.7 Å². The van der Waals surface area contributed by atoms with Crippen molar-refractivity contribution in [2.75, 3.05) is 5.32 Å². The van der Waals surface area contributed by atoms with E-state index in [9.17, 15) is 4.79 Å². The topological polar surface area (TPSA) is 59.8 Å². The number of nitrogens with zero attached hydrogens (tertiary/aromatic N) is 3. The number of pyridine rings is 1. The van der Waals surface area contributed by atoms with Crippen molar-refractivity contribution in [3.8, 4) is 0 Å². The third-order valence-electron chi connectivity index (χ3n) is 2.64. The molecule has 0 unspecified atom stereocenters. The normalized spacial score (nSPS) is 10.3. The van der Waals surface area contributed by atoms with Crippen LogP contribution in [0, 0.1) is 13.8 Å². The molecule has 2 heterocycles. The smallest absolute Gasteiger partial charge is 0.260 e. The Morgan fingerprint density at radius 2 is 2.12 bits per heavy atom. The summed E-state index contributed by atoms with van der Waals surface area (Å²) in [7, 11) is 1.82. The second-order valence-electron chi connectivity index (χ2n) is 3.84. The van der Waals surface area contributed by atoms with Crippen molar-refractivity contribution in [3.05, 3.63) is 41.3 Å². The molecule has 1 N–H and O–H groups in total. The highest BCUT2D eigenvalue weighted by atomic mass is 16.1. The molecule has 88 valence electrons. The lowest BCUT2D eigenvalue weighted by molar-refractivity contribution is 0.102. The van der Waals surface area contributed by atoms with Crippen molar-refractivity contribution >= 4 is 11.7 Å². The van der Waals surface area contributed by atoms with E-state index in [1.54, 1.807) is 23.0 Å². The molecule has 0 fully saturated rings. The van der Waals surface area contributed by atoms with Gasteiger partial charge < -0.3 is 5.32 Å². The zero-order chi connectivity index (χ0) is 12.4. The second-order valence-corrected chi connectivity index (χ2v) is 3.84. The first kappa shape index (κ1) is 11.3. The number of aryl methyl sites for hydroxylation is 2. The van der Waals surface area contributed by atoms with Crippen LogP contribution in [-0.2, 0) is 7.05 Å². The molecule has 0 bridgehead atoms. The summed E-state index contributed by atoms with van der Waals surface area (Å²) in [5, 5.41) is 6.96. The van der Waals surface area contributed by atoms with Gasteiger partial charge in [0.25, 0.3) is 5.91 Å². The van der Waals surface area contributed by atoms with Gasteiger partial charge in [-0.3, -0.25) is 9.48 Å². The molecule has 0 aromatic carbocycles. The van der Waals surface area contributed by atoms with Crippen molar-refractivity contribution in [3.63, 3.8) is 0 Å². The van der Waals surface area contributed by atoms with Gasteiger partial charge in [-0.2, -0.15) is 5.10 Å². The van der Waals surface area contributed by atoms with Crippen LogP contribution in [0.5, 0.6) is 0 Å². The van der Waals surface area contributed by atoms with Crippen molar-refractivity contribution in [2.24, 2.45) is 7.05 Å². The van der Waals surface area contributed by atoms with Gasteiger partial charge in [0.2, 0.25) is 0 Å². The summed E-state index contributed by atoms with van der Waals surface area (Å²) in [4.78, 5) is 16.1. The Labute approximate surface area is 99.5 Å². The Morgan fingerprint density at radius 1 is 1.35 bits per heavy atom. The molecule has 5 heteroatoms. The summed E-state index contributed by atoms with van der Waals surface area (Å²) in [6.45, 7) is 3.69. The van der Waals surface area contributed by atoms with E-state index >= 15 is 0 Å². The average Bonchev–Trinajstić information content (AvgIpc) is 2.54. The monoisotopic (exact) mass is 230 g/mol. The molecule has 2 rings (SSSR count). The lowest BCUT2D eigenvalue weighted by Crippen LogP contribution is -2.14. The molecule has 0 saturated carbocycles. The van der Waals surface area contributed by atoms with Crippen LogP contribution in [0.3, 0.4) is 0 Å². The molecule has 0 spiro atoms. The number of aromatic nitrogens is 3. The van der Waals surface area contributed by atoms with Gasteiger partial charge in [0.1, 0.15) is 5.82 Å². The number of anilines is 1. The van der Waals surface area contributed by atoms with E-state index < -0.39 is 0 Å². The summed E-state index contributed by atoms with van der Waals surface area (Å²) < 4.78 is 1.70. The molecule has 0 atom stereocenters. The molecule has 17 heavy (non-hydrogen) atoms. The molecule has 0 aliphatic heterocycles. The Hall–Kier alpha value is -2.17. The number of amides is 1. The maximum absolute atomic E-state index is 12.1. The van der Waals surface area contributed by atoms with Crippen LogP contribution in [0.1, 0.15) is 21.7 Å². The third kappa shape index (κ3) is 2.18. The molecular weight excluding hydrogens is 216 g/mol. The molecule has 5 nitrogen and oxygen atoms in total. The minimum absolute atomic E-state index is 0.174. The first-order valence-corrected chi connectivity index (χ1v) is 5.32. The minimum Gasteiger partial charge on any atom is -0.306 e. The standard InChI is InChI=1S/C12H14N4O/c1-8-11(9(2)16(3)15-8)12(17)14-10-6-4-5-7-13-10/h4-7H,1-3H3,(H,13,14,17). The fourth-order valence-electron chi connectivity index (χ4n) is 1.72. The molecule has 0 radical (unpaired) electrons. The predicted octanol–water partition coefficient (Wildman–Crippen LogP) is 1.68. The lowest BCUT2D eigenvalue weighted by atomic mass is 10.2. The number of hydrogen-bond acceptors (Lipinski definition) is 3. The van der Waals surface area contributed by atoms with E-state index in [0.29, 0.717) is 11.4 Å². The number of nitrogens with one attached hydrogen (secondary N) is 1. The van der Waals surface area contributed by atoms with Gasteiger partial charge in [-0.15, -0.1) is 0 Å². The highest BCUT2D eigenvalue weighted by Crippen LogP contribution is 2.13. The van der Waals surface area contributed by atoms with Crippen molar-refractivity contribution in [2.45, 2.75) is 13.8 Å². The number of carbonyl (C=O) groups excluding carboxylic acids is 1. The van der Waals surface area contributed by atoms with Crippen LogP contribution in [0.15, 0.2) is 24.4 Å². The maximum atomic E-state index is 12.1. The van der Waals surface area contributed by atoms with Gasteiger partial charge in [0, 0.05) is 18.9 Å². The predicted molar refractivity (Wildman–Crippen MR) is 64.9 cm³/mol. The Morgan fingerprint density at radius 3 is 2.65 bits per heavy atom. The van der Waals surface area contributed by atoms with Crippen LogP contribution in [0.25, 0.3) is 0 Å². The van der Waals surface area contributed by atoms with Crippen LogP contribution >= 0.6 is 0 Å². The Bertz CT molecular complexity index is 545. The van der Waals surface area contributed by atoms with Crippen molar-refractivity contribution < 1.29 is 4.79 Å². The first-order chi connectivity index (χ1) is 8.09. The van der Waals surface area contributed by atoms with Crippen LogP contribution < -0.4 is 5.32 Å². The Balaban J connectivity index is 2.27. The summed E-state index contributed by atoms with van der Waals surface area (Å²) >= 11 is 0. The quantitative estimate of drug-likeness (QED) is 0.854. The number of hydrogen-bond donors (Lipinski definition) is 1. The highest BCUT2D eigenvalue weighted by molar-refractivity contribution is 6.05. The van der Waals surface area contributed by atoms with E-state index in [0.717, 1.165) is 11.4 Å². The second kappa shape index (κ2) is 4.37. The number of rotatable bonds is 2. The highest BCUT2D eigenvalue weighted by Gasteiger charge is 2.17. The summed E-state index contributed by atoms with van der Waals surface area (Å²) in [5.41, 5.74) is 2.17. The zero-order valence-electron chi connectivity index (χ0n) is 10.1. The number of carbonyl (C=O) groups is 1. The Kier molecular flexibility index (Phi) is 2.91. The van der Waals surface area contributed by atoms with Crippen molar-refractivity contribution in [1.82, 2.24) is 14.8 Å². The van der Waals surface area contributed by atoms with Gasteiger partial charge in [-0.25, -0.2) is 4.98 Å². The summed E-state index contributed by atoms with van der Waals surface area (Å²) in [6.07, 6.45) is 1.64. The molecule has 0 aliphatic rings. The summed E-state index contributed by atoms with van der Waals surface area (Å²) in [6, 6.07) is 5.38. The van der Waals surface area contributed by atoms with Crippen LogP contribution in [0.4, 0.5) is 5.82 Å². The molecule has 1 amide bonds. The van der Waals surface area contributed by atoms with Gasteiger partial charge in [0.15, 0.2) is 0 Å². The fourth-order valence-corrected chi connectivity index (χ4v) is 1.72. The summed E-state index contributed by atoms with van der Waals surface area (Å²) in [5.74, 6) is 0.368. The molecule has 2 aromatic heterocycles. The van der Waals surface area contributed by atoms with E-state index in [1.807, 2.05) is 27.0 Å². The van der Waals surface area contributed by atoms with Crippen molar-refractivity contribution in [1.29, 1.82) is 0 Å². The molecule has 0 saturated heterocycles.